The van der Waals surface area contributed by atoms with E-state index in [-0.39, 0.29) is 23.8 Å². The molecular weight excluding hydrogens is 220 g/mol. The van der Waals surface area contributed by atoms with Crippen LogP contribution in [0.2, 0.25) is 0 Å². The maximum Gasteiger partial charge on any atom is 0.309 e. The van der Waals surface area contributed by atoms with Crippen LogP contribution >= 0.6 is 0 Å². The number of fused-ring (bicyclic) bond motifs is 8. The van der Waals surface area contributed by atoms with E-state index < -0.39 is 5.60 Å². The molecule has 0 aromatic heterocycles. The number of rotatable bonds is 0. The number of hydrogen-bond donors (Lipinski definition) is 0. The van der Waals surface area contributed by atoms with Crippen LogP contribution < -0.4 is 0 Å². The topological polar surface area (TPSA) is 52.6 Å². The molecule has 4 heteroatoms. The van der Waals surface area contributed by atoms with Crippen molar-refractivity contribution in [2.24, 2.45) is 11.8 Å². The van der Waals surface area contributed by atoms with Crippen molar-refractivity contribution in [3.63, 3.8) is 0 Å². The second kappa shape index (κ2) is 4.67. The Labute approximate surface area is 102 Å². The third kappa shape index (κ3) is 2.99. The van der Waals surface area contributed by atoms with Crippen LogP contribution in [0.25, 0.3) is 0 Å². The Bertz CT molecular complexity index is 313. The maximum atomic E-state index is 11.9. The highest BCUT2D eigenvalue weighted by molar-refractivity contribution is 5.75. The fourth-order valence-corrected chi connectivity index (χ4v) is 2.49. The quantitative estimate of drug-likeness (QED) is 0.608. The smallest absolute Gasteiger partial charge is 0.309 e. The van der Waals surface area contributed by atoms with Crippen LogP contribution in [0, 0.1) is 11.8 Å². The normalized spacial score (nSPS) is 33.5. The van der Waals surface area contributed by atoms with Crippen molar-refractivity contribution >= 4 is 11.9 Å². The molecule has 0 atom stereocenters. The molecule has 0 aromatic rings. The monoisotopic (exact) mass is 240 g/mol. The van der Waals surface area contributed by atoms with E-state index in [1.165, 1.54) is 0 Å². The van der Waals surface area contributed by atoms with Gasteiger partial charge in [-0.25, -0.2) is 0 Å². The molecule has 4 nitrogen and oxygen atoms in total. The molecule has 2 saturated heterocycles. The van der Waals surface area contributed by atoms with Gasteiger partial charge in [0, 0.05) is 6.42 Å². The van der Waals surface area contributed by atoms with Gasteiger partial charge in [-0.2, -0.15) is 0 Å². The summed E-state index contributed by atoms with van der Waals surface area (Å²) in [5.41, 5.74) is -0.542. The number of ether oxygens (including phenoxy) is 2. The molecule has 0 amide bonds. The van der Waals surface area contributed by atoms with Gasteiger partial charge in [-0.15, -0.1) is 0 Å². The molecule has 96 valence electrons. The van der Waals surface area contributed by atoms with Crippen LogP contribution in [-0.2, 0) is 19.1 Å². The summed E-state index contributed by atoms with van der Waals surface area (Å²) in [5.74, 6) is -0.256. The van der Waals surface area contributed by atoms with E-state index in [0.717, 1.165) is 25.7 Å². The predicted molar refractivity (Wildman–Crippen MR) is 61.2 cm³/mol. The molecule has 0 spiro atoms. The van der Waals surface area contributed by atoms with Gasteiger partial charge in [-0.05, 0) is 39.5 Å². The zero-order valence-corrected chi connectivity index (χ0v) is 10.5. The summed E-state index contributed by atoms with van der Waals surface area (Å²) in [6, 6.07) is 0. The lowest BCUT2D eigenvalue weighted by Crippen LogP contribution is -2.33. The van der Waals surface area contributed by atoms with E-state index in [1.807, 2.05) is 13.8 Å². The van der Waals surface area contributed by atoms with Gasteiger partial charge in [0.2, 0.25) is 0 Å². The van der Waals surface area contributed by atoms with E-state index in [1.54, 1.807) is 0 Å². The van der Waals surface area contributed by atoms with Crippen molar-refractivity contribution in [1.82, 2.24) is 0 Å². The van der Waals surface area contributed by atoms with Crippen LogP contribution in [0.15, 0.2) is 0 Å². The Morgan fingerprint density at radius 1 is 1.00 bits per heavy atom. The van der Waals surface area contributed by atoms with Crippen LogP contribution in [-0.4, -0.2) is 24.1 Å². The zero-order valence-electron chi connectivity index (χ0n) is 10.5. The lowest BCUT2D eigenvalue weighted by molar-refractivity contribution is -0.163. The van der Waals surface area contributed by atoms with Gasteiger partial charge in [-0.1, -0.05) is 0 Å². The maximum absolute atomic E-state index is 11.9. The number of hydrogen-bond acceptors (Lipinski definition) is 4. The van der Waals surface area contributed by atoms with E-state index in [9.17, 15) is 9.59 Å². The van der Waals surface area contributed by atoms with Gasteiger partial charge in [-0.3, -0.25) is 9.59 Å². The first-order chi connectivity index (χ1) is 7.98. The molecule has 0 aromatic carbocycles. The molecule has 1 saturated carbocycles. The van der Waals surface area contributed by atoms with Crippen LogP contribution in [0.4, 0.5) is 0 Å². The average Bonchev–Trinajstić information content (AvgIpc) is 2.29. The van der Waals surface area contributed by atoms with Crippen molar-refractivity contribution in [1.29, 1.82) is 0 Å². The molecule has 0 unspecified atom stereocenters. The van der Waals surface area contributed by atoms with E-state index in [0.29, 0.717) is 13.0 Å². The third-order valence-electron chi connectivity index (χ3n) is 3.72. The van der Waals surface area contributed by atoms with Crippen LogP contribution in [0.5, 0.6) is 0 Å². The Morgan fingerprint density at radius 3 is 2.12 bits per heavy atom. The summed E-state index contributed by atoms with van der Waals surface area (Å²) < 4.78 is 10.7. The molecule has 2 bridgehead atoms. The lowest BCUT2D eigenvalue weighted by atomic mass is 9.82. The molecule has 3 fully saturated rings. The van der Waals surface area contributed by atoms with Crippen LogP contribution in [0.1, 0.15) is 46.0 Å². The minimum Gasteiger partial charge on any atom is -0.465 e. The average molecular weight is 240 g/mol. The van der Waals surface area contributed by atoms with E-state index in [2.05, 4.69) is 0 Å². The Balaban J connectivity index is 2.12. The molecule has 0 radical (unpaired) electrons. The first-order valence-electron chi connectivity index (χ1n) is 6.37. The van der Waals surface area contributed by atoms with Crippen LogP contribution in [0.3, 0.4) is 0 Å². The zero-order chi connectivity index (χ0) is 12.5. The first kappa shape index (κ1) is 12.4. The Morgan fingerprint density at radius 2 is 1.53 bits per heavy atom. The molecular formula is C13H20O4. The van der Waals surface area contributed by atoms with Gasteiger partial charge in [0.25, 0.3) is 0 Å². The summed E-state index contributed by atoms with van der Waals surface area (Å²) in [7, 11) is 0. The van der Waals surface area contributed by atoms with Gasteiger partial charge in [0.15, 0.2) is 0 Å². The highest BCUT2D eigenvalue weighted by Crippen LogP contribution is 2.32. The summed E-state index contributed by atoms with van der Waals surface area (Å²) in [6.45, 7) is 4.06. The molecule has 0 N–H and O–H groups in total. The number of carbonyl (C=O) groups is 2. The minimum absolute atomic E-state index is 0.0136. The van der Waals surface area contributed by atoms with Gasteiger partial charge < -0.3 is 9.47 Å². The van der Waals surface area contributed by atoms with Gasteiger partial charge >= 0.3 is 11.9 Å². The molecule has 2 aliphatic heterocycles. The largest absolute Gasteiger partial charge is 0.465 e. The Hall–Kier alpha value is -1.06. The van der Waals surface area contributed by atoms with Crippen molar-refractivity contribution in [3.8, 4) is 0 Å². The summed E-state index contributed by atoms with van der Waals surface area (Å²) >= 11 is 0. The van der Waals surface area contributed by atoms with Crippen molar-refractivity contribution in [3.05, 3.63) is 0 Å². The second-order valence-electron chi connectivity index (χ2n) is 5.65. The van der Waals surface area contributed by atoms with Crippen molar-refractivity contribution < 1.29 is 19.1 Å². The molecule has 2 heterocycles. The standard InChI is InChI=1S/C13H20O4/c1-13(2)7-8-16-11(14)9-3-5-10(6-4-9)12(15)17-13/h9-10H,3-8H2,1-2H3. The number of carbonyl (C=O) groups excluding carboxylic acids is 2. The third-order valence-corrected chi connectivity index (χ3v) is 3.72. The minimum atomic E-state index is -0.542. The van der Waals surface area contributed by atoms with E-state index in [4.69, 9.17) is 9.47 Å². The molecule has 3 aliphatic rings. The Kier molecular flexibility index (Phi) is 3.40. The van der Waals surface area contributed by atoms with Gasteiger partial charge in [0.05, 0.1) is 18.4 Å². The predicted octanol–water partition coefficient (Wildman–Crippen LogP) is 2.06. The molecule has 1 aliphatic carbocycles. The summed E-state index contributed by atoms with van der Waals surface area (Å²) in [4.78, 5) is 23.7. The first-order valence-corrected chi connectivity index (χ1v) is 6.37. The number of esters is 2. The van der Waals surface area contributed by atoms with Crippen molar-refractivity contribution in [2.45, 2.75) is 51.6 Å². The fourth-order valence-electron chi connectivity index (χ4n) is 2.49. The molecule has 17 heavy (non-hydrogen) atoms. The highest BCUT2D eigenvalue weighted by Gasteiger charge is 2.35. The fraction of sp³-hybridized carbons (Fsp3) is 0.846. The highest BCUT2D eigenvalue weighted by atomic mass is 16.6. The molecule has 3 rings (SSSR count). The van der Waals surface area contributed by atoms with Gasteiger partial charge in [0.1, 0.15) is 5.60 Å². The van der Waals surface area contributed by atoms with Crippen molar-refractivity contribution in [2.75, 3.05) is 6.61 Å². The second-order valence-corrected chi connectivity index (χ2v) is 5.65. The summed E-state index contributed by atoms with van der Waals surface area (Å²) in [5, 5.41) is 0. The SMILES string of the molecule is CC1(C)CCOC(=O)C2CCC(CC2)C(=O)O1. The lowest BCUT2D eigenvalue weighted by Gasteiger charge is -2.28. The van der Waals surface area contributed by atoms with E-state index >= 15 is 0 Å². The summed E-state index contributed by atoms with van der Waals surface area (Å²) in [6.07, 6.45) is 3.55.